The van der Waals surface area contributed by atoms with Gasteiger partial charge in [-0.25, -0.2) is 18.7 Å². The fraction of sp³-hybridized carbons (Fsp3) is 0.235. The van der Waals surface area contributed by atoms with Gasteiger partial charge in [0.15, 0.2) is 6.10 Å². The summed E-state index contributed by atoms with van der Waals surface area (Å²) in [6.45, 7) is 4.97. The van der Waals surface area contributed by atoms with Gasteiger partial charge in [0.1, 0.15) is 5.82 Å². The summed E-state index contributed by atoms with van der Waals surface area (Å²) >= 11 is 0. The van der Waals surface area contributed by atoms with Crippen molar-refractivity contribution in [1.29, 1.82) is 0 Å². The molecule has 9 heteroatoms. The number of ether oxygens (including phenoxy) is 1. The van der Waals surface area contributed by atoms with Gasteiger partial charge in [-0.05, 0) is 39.0 Å². The lowest BCUT2D eigenvalue weighted by atomic mass is 10.3. The molecule has 0 radical (unpaired) electrons. The van der Waals surface area contributed by atoms with Gasteiger partial charge in [0.2, 0.25) is 0 Å². The third kappa shape index (κ3) is 3.51. The molecular formula is C17H16FN5O3. The predicted octanol–water partition coefficient (Wildman–Crippen LogP) is 2.06. The molecule has 0 fully saturated rings. The number of carbonyl (C=O) groups is 2. The van der Waals surface area contributed by atoms with E-state index in [0.29, 0.717) is 0 Å². The summed E-state index contributed by atoms with van der Waals surface area (Å²) in [6, 6.07) is 7.49. The summed E-state index contributed by atoms with van der Waals surface area (Å²) in [5, 5.41) is 6.40. The lowest BCUT2D eigenvalue weighted by Gasteiger charge is -2.12. The van der Waals surface area contributed by atoms with E-state index in [-0.39, 0.29) is 17.3 Å². The van der Waals surface area contributed by atoms with Crippen molar-refractivity contribution in [2.75, 3.05) is 5.32 Å². The van der Waals surface area contributed by atoms with E-state index in [0.717, 1.165) is 11.4 Å². The Morgan fingerprint density at radius 1 is 1.23 bits per heavy atom. The molecule has 0 saturated carbocycles. The summed E-state index contributed by atoms with van der Waals surface area (Å²) < 4.78 is 20.1. The van der Waals surface area contributed by atoms with Crippen molar-refractivity contribution in [3.05, 3.63) is 53.4 Å². The van der Waals surface area contributed by atoms with E-state index in [2.05, 4.69) is 20.4 Å². The Morgan fingerprint density at radius 3 is 2.69 bits per heavy atom. The molecule has 1 amide bonds. The number of nitrogens with zero attached hydrogens (tertiary/aromatic N) is 4. The Balaban J connectivity index is 1.72. The summed E-state index contributed by atoms with van der Waals surface area (Å²) in [4.78, 5) is 32.5. The Bertz CT molecular complexity index is 1000. The number of hydrogen-bond acceptors (Lipinski definition) is 6. The fourth-order valence-corrected chi connectivity index (χ4v) is 2.32. The van der Waals surface area contributed by atoms with Gasteiger partial charge < -0.3 is 10.1 Å². The van der Waals surface area contributed by atoms with E-state index in [9.17, 15) is 14.0 Å². The van der Waals surface area contributed by atoms with Crippen LogP contribution in [0.4, 0.5) is 10.1 Å². The van der Waals surface area contributed by atoms with E-state index >= 15 is 0 Å². The molecule has 1 N–H and O–H groups in total. The number of para-hydroxylation sites is 1. The molecule has 0 saturated heterocycles. The minimum atomic E-state index is -1.16. The smallest absolute Gasteiger partial charge is 0.379 e. The number of rotatable bonds is 4. The summed E-state index contributed by atoms with van der Waals surface area (Å²) in [5.74, 6) is -2.07. The SMILES string of the molecule is Cc1cc(C)n2nc(C(=O)O[C@H](C)C(=O)Nc3ccccc3F)nc2n1. The summed E-state index contributed by atoms with van der Waals surface area (Å²) in [5.41, 5.74) is 1.49. The lowest BCUT2D eigenvalue weighted by molar-refractivity contribution is -0.123. The standard InChI is InChI=1S/C17H16FN5O3/c1-9-8-10(2)23-17(19-9)21-14(22-23)16(25)26-11(3)15(24)20-13-7-5-4-6-12(13)18/h4-8,11H,1-3H3,(H,20,24)/t11-/m1/s1. The predicted molar refractivity (Wildman–Crippen MR) is 90.2 cm³/mol. The monoisotopic (exact) mass is 357 g/mol. The number of anilines is 1. The first kappa shape index (κ1) is 17.5. The molecule has 0 aliphatic carbocycles. The second-order valence-electron chi connectivity index (χ2n) is 5.70. The number of hydrogen-bond donors (Lipinski definition) is 1. The van der Waals surface area contributed by atoms with Crippen LogP contribution in [0.1, 0.15) is 28.9 Å². The maximum atomic E-state index is 13.6. The molecule has 134 valence electrons. The van der Waals surface area contributed by atoms with Crippen LogP contribution in [-0.2, 0) is 9.53 Å². The molecule has 0 aliphatic rings. The zero-order chi connectivity index (χ0) is 18.8. The van der Waals surface area contributed by atoms with Gasteiger partial charge in [-0.3, -0.25) is 4.79 Å². The van der Waals surface area contributed by atoms with Gasteiger partial charge in [0.05, 0.1) is 5.69 Å². The van der Waals surface area contributed by atoms with Gasteiger partial charge in [-0.1, -0.05) is 12.1 Å². The number of aromatic nitrogens is 4. The molecule has 2 heterocycles. The first-order valence-corrected chi connectivity index (χ1v) is 7.82. The molecule has 1 aromatic carbocycles. The second-order valence-corrected chi connectivity index (χ2v) is 5.70. The molecule has 8 nitrogen and oxygen atoms in total. The number of benzene rings is 1. The fourth-order valence-electron chi connectivity index (χ4n) is 2.32. The van der Waals surface area contributed by atoms with Crippen molar-refractivity contribution in [1.82, 2.24) is 19.6 Å². The zero-order valence-electron chi connectivity index (χ0n) is 14.4. The average molecular weight is 357 g/mol. The topological polar surface area (TPSA) is 98.5 Å². The van der Waals surface area contributed by atoms with Crippen molar-refractivity contribution in [2.45, 2.75) is 26.9 Å². The van der Waals surface area contributed by atoms with E-state index in [1.165, 1.54) is 29.6 Å². The van der Waals surface area contributed by atoms with Crippen LogP contribution in [-0.4, -0.2) is 37.6 Å². The minimum Gasteiger partial charge on any atom is -0.447 e. The maximum Gasteiger partial charge on any atom is 0.379 e. The molecule has 0 aliphatic heterocycles. The van der Waals surface area contributed by atoms with Crippen molar-refractivity contribution >= 4 is 23.3 Å². The van der Waals surface area contributed by atoms with Crippen molar-refractivity contribution in [2.24, 2.45) is 0 Å². The van der Waals surface area contributed by atoms with Crippen molar-refractivity contribution in [3.63, 3.8) is 0 Å². The van der Waals surface area contributed by atoms with Crippen LogP contribution in [0.25, 0.3) is 5.78 Å². The van der Waals surface area contributed by atoms with Crippen LogP contribution >= 0.6 is 0 Å². The number of amides is 1. The Labute approximate surface area is 148 Å². The van der Waals surface area contributed by atoms with E-state index in [1.807, 2.05) is 0 Å². The van der Waals surface area contributed by atoms with Gasteiger partial charge in [0, 0.05) is 11.4 Å². The molecule has 0 bridgehead atoms. The molecule has 1 atom stereocenters. The highest BCUT2D eigenvalue weighted by Crippen LogP contribution is 2.13. The Morgan fingerprint density at radius 2 is 1.96 bits per heavy atom. The van der Waals surface area contributed by atoms with Gasteiger partial charge in [-0.15, -0.1) is 5.10 Å². The van der Waals surface area contributed by atoms with Crippen LogP contribution in [0.5, 0.6) is 0 Å². The number of halogens is 1. The minimum absolute atomic E-state index is 0.00144. The highest BCUT2D eigenvalue weighted by molar-refractivity contribution is 5.96. The van der Waals surface area contributed by atoms with Gasteiger partial charge >= 0.3 is 5.97 Å². The highest BCUT2D eigenvalue weighted by Gasteiger charge is 2.23. The van der Waals surface area contributed by atoms with Crippen LogP contribution in [0.3, 0.4) is 0 Å². The third-order valence-electron chi connectivity index (χ3n) is 3.59. The second kappa shape index (κ2) is 6.87. The Kier molecular flexibility index (Phi) is 4.61. The first-order valence-electron chi connectivity index (χ1n) is 7.82. The van der Waals surface area contributed by atoms with Crippen LogP contribution < -0.4 is 5.32 Å². The molecule has 3 rings (SSSR count). The number of esters is 1. The number of fused-ring (bicyclic) bond motifs is 1. The van der Waals surface area contributed by atoms with E-state index in [1.54, 1.807) is 26.0 Å². The largest absolute Gasteiger partial charge is 0.447 e. The van der Waals surface area contributed by atoms with Gasteiger partial charge in [-0.2, -0.15) is 4.98 Å². The van der Waals surface area contributed by atoms with E-state index in [4.69, 9.17) is 4.74 Å². The van der Waals surface area contributed by atoms with Gasteiger partial charge in [0.25, 0.3) is 17.5 Å². The van der Waals surface area contributed by atoms with Crippen molar-refractivity contribution < 1.29 is 18.7 Å². The quantitative estimate of drug-likeness (QED) is 0.718. The molecule has 26 heavy (non-hydrogen) atoms. The normalized spacial score (nSPS) is 12.0. The van der Waals surface area contributed by atoms with Crippen LogP contribution in [0.2, 0.25) is 0 Å². The molecule has 3 aromatic rings. The number of nitrogens with one attached hydrogen (secondary N) is 1. The summed E-state index contributed by atoms with van der Waals surface area (Å²) in [7, 11) is 0. The average Bonchev–Trinajstić information content (AvgIpc) is 3.01. The molecule has 2 aromatic heterocycles. The van der Waals surface area contributed by atoms with Crippen LogP contribution in [0, 0.1) is 19.7 Å². The highest BCUT2D eigenvalue weighted by atomic mass is 19.1. The molecule has 0 spiro atoms. The zero-order valence-corrected chi connectivity index (χ0v) is 14.4. The Hall–Kier alpha value is -3.36. The number of aryl methyl sites for hydroxylation is 2. The lowest BCUT2D eigenvalue weighted by Crippen LogP contribution is -2.30. The van der Waals surface area contributed by atoms with Crippen molar-refractivity contribution in [3.8, 4) is 0 Å². The van der Waals surface area contributed by atoms with Crippen LogP contribution in [0.15, 0.2) is 30.3 Å². The summed E-state index contributed by atoms with van der Waals surface area (Å²) in [6.07, 6.45) is -1.16. The van der Waals surface area contributed by atoms with E-state index < -0.39 is 23.8 Å². The first-order chi connectivity index (χ1) is 12.3. The number of carbonyl (C=O) groups excluding carboxylic acids is 2. The maximum absolute atomic E-state index is 13.6. The molecule has 0 unspecified atom stereocenters. The molecular weight excluding hydrogens is 341 g/mol. The third-order valence-corrected chi connectivity index (χ3v) is 3.59.